The number of fused-ring (bicyclic) bond motifs is 1. The van der Waals surface area contributed by atoms with Gasteiger partial charge in [-0.3, -0.25) is 4.79 Å². The summed E-state index contributed by atoms with van der Waals surface area (Å²) in [6.45, 7) is 6.76. The molecule has 2 saturated heterocycles. The van der Waals surface area contributed by atoms with Crippen molar-refractivity contribution in [3.05, 3.63) is 12.7 Å². The van der Waals surface area contributed by atoms with Crippen LogP contribution >= 0.6 is 11.8 Å². The molecule has 2 atom stereocenters. The minimum Gasteiger partial charge on any atom is -0.338 e. The summed E-state index contributed by atoms with van der Waals surface area (Å²) >= 11 is 1.81. The topological polar surface area (TPSA) is 20.3 Å². The third kappa shape index (κ3) is 1.48. The Labute approximate surface area is 89.7 Å². The Bertz CT molecular complexity index is 266. The Kier molecular flexibility index (Phi) is 2.60. The van der Waals surface area contributed by atoms with Gasteiger partial charge in [0.25, 0.3) is 0 Å². The smallest absolute Gasteiger partial charge is 0.239 e. The number of hydrogen-bond donors (Lipinski definition) is 0. The van der Waals surface area contributed by atoms with Crippen LogP contribution in [0.3, 0.4) is 0 Å². The van der Waals surface area contributed by atoms with E-state index in [1.807, 2.05) is 17.8 Å². The molecule has 78 valence electrons. The quantitative estimate of drug-likeness (QED) is 0.652. The Morgan fingerprint density at radius 2 is 2.57 bits per heavy atom. The van der Waals surface area contributed by atoms with Crippen molar-refractivity contribution in [2.75, 3.05) is 12.3 Å². The zero-order valence-electron chi connectivity index (χ0n) is 8.66. The van der Waals surface area contributed by atoms with Crippen molar-refractivity contribution in [2.45, 2.75) is 37.0 Å². The van der Waals surface area contributed by atoms with Gasteiger partial charge in [0.05, 0.1) is 4.75 Å². The van der Waals surface area contributed by atoms with E-state index in [2.05, 4.69) is 18.4 Å². The van der Waals surface area contributed by atoms with Crippen LogP contribution < -0.4 is 0 Å². The predicted octanol–water partition coefficient (Wildman–Crippen LogP) is 2.06. The lowest BCUT2D eigenvalue weighted by molar-refractivity contribution is -0.134. The summed E-state index contributed by atoms with van der Waals surface area (Å²) in [5.41, 5.74) is 0. The number of hydrogen-bond acceptors (Lipinski definition) is 2. The Morgan fingerprint density at radius 1 is 1.79 bits per heavy atom. The third-order valence-electron chi connectivity index (χ3n) is 3.22. The molecule has 2 aliphatic rings. The number of carbonyl (C=O) groups is 1. The first-order valence-corrected chi connectivity index (χ1v) is 6.22. The number of nitrogens with zero attached hydrogens (tertiary/aromatic N) is 1. The predicted molar refractivity (Wildman–Crippen MR) is 60.4 cm³/mol. The molecule has 0 aromatic rings. The van der Waals surface area contributed by atoms with Crippen LogP contribution in [-0.4, -0.2) is 33.9 Å². The lowest BCUT2D eigenvalue weighted by Gasteiger charge is -2.40. The summed E-state index contributed by atoms with van der Waals surface area (Å²) in [4.78, 5) is 14.3. The lowest BCUT2D eigenvalue weighted by atomic mass is 10.0. The number of amides is 1. The molecule has 0 N–H and O–H groups in total. The number of allylic oxidation sites excluding steroid dienone is 1. The van der Waals surface area contributed by atoms with Gasteiger partial charge in [-0.05, 0) is 26.2 Å². The molecule has 2 nitrogen and oxygen atoms in total. The third-order valence-corrected chi connectivity index (χ3v) is 4.75. The molecule has 0 radical (unpaired) electrons. The highest BCUT2D eigenvalue weighted by molar-refractivity contribution is 8.01. The highest BCUT2D eigenvalue weighted by Gasteiger charge is 2.45. The Hall–Kier alpha value is -0.440. The second-order valence-electron chi connectivity index (χ2n) is 4.33. The number of carbonyl (C=O) groups excluding carboxylic acids is 1. The van der Waals surface area contributed by atoms with E-state index < -0.39 is 0 Å². The fourth-order valence-electron chi connectivity index (χ4n) is 2.34. The second-order valence-corrected chi connectivity index (χ2v) is 5.85. The van der Waals surface area contributed by atoms with E-state index in [1.54, 1.807) is 0 Å². The Morgan fingerprint density at radius 3 is 3.29 bits per heavy atom. The van der Waals surface area contributed by atoms with Crippen LogP contribution in [0.15, 0.2) is 12.7 Å². The number of rotatable bonds is 2. The van der Waals surface area contributed by atoms with Crippen LogP contribution in [0.25, 0.3) is 0 Å². The molecule has 0 aliphatic carbocycles. The van der Waals surface area contributed by atoms with Gasteiger partial charge in [-0.2, -0.15) is 0 Å². The molecule has 0 bridgehead atoms. The summed E-state index contributed by atoms with van der Waals surface area (Å²) in [6, 6.07) is 0.519. The van der Waals surface area contributed by atoms with E-state index in [0.717, 1.165) is 18.7 Å². The normalized spacial score (nSPS) is 37.1. The first-order valence-electron chi connectivity index (χ1n) is 5.23. The van der Waals surface area contributed by atoms with E-state index in [1.165, 1.54) is 12.8 Å². The summed E-state index contributed by atoms with van der Waals surface area (Å²) in [7, 11) is 0. The maximum absolute atomic E-state index is 12.2. The maximum atomic E-state index is 12.2. The van der Waals surface area contributed by atoms with Gasteiger partial charge in [0, 0.05) is 18.3 Å². The fourth-order valence-corrected chi connectivity index (χ4v) is 3.73. The Balaban J connectivity index is 2.16. The number of thioether (sulfide) groups is 1. The van der Waals surface area contributed by atoms with Gasteiger partial charge >= 0.3 is 0 Å². The average molecular weight is 211 g/mol. The second kappa shape index (κ2) is 3.61. The molecule has 2 aliphatic heterocycles. The lowest BCUT2D eigenvalue weighted by Crippen LogP contribution is -2.52. The van der Waals surface area contributed by atoms with Crippen molar-refractivity contribution in [2.24, 2.45) is 0 Å². The zero-order valence-corrected chi connectivity index (χ0v) is 9.48. The fraction of sp³-hybridized carbons (Fsp3) is 0.727. The van der Waals surface area contributed by atoms with Crippen molar-refractivity contribution < 1.29 is 4.79 Å². The first kappa shape index (κ1) is 10.1. The molecular weight excluding hydrogens is 194 g/mol. The average Bonchev–Trinajstić information content (AvgIpc) is 2.61. The molecule has 0 spiro atoms. The van der Waals surface area contributed by atoms with Gasteiger partial charge in [0.1, 0.15) is 0 Å². The van der Waals surface area contributed by atoms with E-state index in [4.69, 9.17) is 0 Å². The van der Waals surface area contributed by atoms with Gasteiger partial charge in [-0.15, -0.1) is 18.3 Å². The van der Waals surface area contributed by atoms with E-state index in [0.29, 0.717) is 11.9 Å². The van der Waals surface area contributed by atoms with Gasteiger partial charge < -0.3 is 4.90 Å². The molecule has 2 fully saturated rings. The van der Waals surface area contributed by atoms with Crippen LogP contribution in [0.4, 0.5) is 0 Å². The highest BCUT2D eigenvalue weighted by Crippen LogP contribution is 2.40. The molecule has 0 unspecified atom stereocenters. The largest absolute Gasteiger partial charge is 0.338 e. The van der Waals surface area contributed by atoms with Crippen LogP contribution in [0.5, 0.6) is 0 Å². The van der Waals surface area contributed by atoms with Crippen LogP contribution in [0.1, 0.15) is 26.2 Å². The minimum atomic E-state index is -0.234. The van der Waals surface area contributed by atoms with Crippen molar-refractivity contribution in [3.63, 3.8) is 0 Å². The van der Waals surface area contributed by atoms with Gasteiger partial charge in [0.15, 0.2) is 0 Å². The molecule has 2 heterocycles. The molecule has 0 aromatic carbocycles. The SMILES string of the molecule is C=CC[C@@]1(C)SC[C@@H]2CCCN2C1=O. The summed E-state index contributed by atoms with van der Waals surface area (Å²) in [6.07, 6.45) is 5.03. The van der Waals surface area contributed by atoms with E-state index in [9.17, 15) is 4.79 Å². The molecule has 0 aromatic heterocycles. The molecule has 14 heavy (non-hydrogen) atoms. The molecule has 1 amide bonds. The maximum Gasteiger partial charge on any atom is 0.239 e. The van der Waals surface area contributed by atoms with Gasteiger partial charge in [-0.25, -0.2) is 0 Å². The van der Waals surface area contributed by atoms with Crippen LogP contribution in [-0.2, 0) is 4.79 Å². The van der Waals surface area contributed by atoms with Crippen molar-refractivity contribution in [1.29, 1.82) is 0 Å². The summed E-state index contributed by atoms with van der Waals surface area (Å²) < 4.78 is -0.234. The molecule has 2 rings (SSSR count). The van der Waals surface area contributed by atoms with Crippen LogP contribution in [0, 0.1) is 0 Å². The minimum absolute atomic E-state index is 0.234. The molecular formula is C11H17NOS. The highest BCUT2D eigenvalue weighted by atomic mass is 32.2. The van der Waals surface area contributed by atoms with Crippen molar-refractivity contribution >= 4 is 17.7 Å². The van der Waals surface area contributed by atoms with Crippen LogP contribution in [0.2, 0.25) is 0 Å². The molecule has 3 heteroatoms. The van der Waals surface area contributed by atoms with Crippen molar-refractivity contribution in [3.8, 4) is 0 Å². The first-order chi connectivity index (χ1) is 6.67. The zero-order chi connectivity index (χ0) is 10.2. The standard InChI is InChI=1S/C11H17NOS/c1-3-6-11(2)10(13)12-7-4-5-9(12)8-14-11/h3,9H,1,4-8H2,2H3/t9-,11+/m0/s1. The van der Waals surface area contributed by atoms with E-state index >= 15 is 0 Å². The summed E-state index contributed by atoms with van der Waals surface area (Å²) in [5.74, 6) is 1.44. The van der Waals surface area contributed by atoms with Crippen molar-refractivity contribution in [1.82, 2.24) is 4.90 Å². The van der Waals surface area contributed by atoms with E-state index in [-0.39, 0.29) is 4.75 Å². The van der Waals surface area contributed by atoms with Gasteiger partial charge in [0.2, 0.25) is 5.91 Å². The summed E-state index contributed by atoms with van der Waals surface area (Å²) in [5, 5.41) is 0. The molecule has 0 saturated carbocycles. The monoisotopic (exact) mass is 211 g/mol. The van der Waals surface area contributed by atoms with Gasteiger partial charge in [-0.1, -0.05) is 6.08 Å².